The first kappa shape index (κ1) is 11.2. The number of hydrogen-bond donors (Lipinski definition) is 0. The van der Waals surface area contributed by atoms with Gasteiger partial charge < -0.3 is 0 Å². The van der Waals surface area contributed by atoms with Crippen molar-refractivity contribution in [3.63, 3.8) is 0 Å². The molecule has 0 aliphatic heterocycles. The highest BCUT2D eigenvalue weighted by Crippen LogP contribution is 2.30. The average Bonchev–Trinajstić information content (AvgIpc) is 2.06. The third-order valence-electron chi connectivity index (χ3n) is 2.81. The van der Waals surface area contributed by atoms with E-state index in [1.807, 2.05) is 26.8 Å². The summed E-state index contributed by atoms with van der Waals surface area (Å²) in [5, 5.41) is 0. The van der Waals surface area contributed by atoms with E-state index < -0.39 is 0 Å². The van der Waals surface area contributed by atoms with Gasteiger partial charge in [0.2, 0.25) is 0 Å². The van der Waals surface area contributed by atoms with E-state index in [1.54, 1.807) is 0 Å². The van der Waals surface area contributed by atoms with Crippen LogP contribution in [0.25, 0.3) is 0 Å². The lowest BCUT2D eigenvalue weighted by molar-refractivity contribution is 0.570. The molecule has 0 spiro atoms. The second-order valence-electron chi connectivity index (χ2n) is 5.06. The van der Waals surface area contributed by atoms with Crippen molar-refractivity contribution in [1.82, 2.24) is 0 Å². The average molecular weight is 194 g/mol. The van der Waals surface area contributed by atoms with E-state index in [0.717, 1.165) is 16.7 Å². The van der Waals surface area contributed by atoms with Crippen LogP contribution in [0.3, 0.4) is 0 Å². The van der Waals surface area contributed by atoms with E-state index in [0.29, 0.717) is 0 Å². The van der Waals surface area contributed by atoms with Crippen molar-refractivity contribution >= 4 is 0 Å². The maximum atomic E-state index is 13.6. The summed E-state index contributed by atoms with van der Waals surface area (Å²) < 4.78 is 13.6. The molecule has 0 saturated carbocycles. The molecule has 0 radical (unpaired) electrons. The Hall–Kier alpha value is -0.850. The molecular weight excluding hydrogens is 175 g/mol. The van der Waals surface area contributed by atoms with Gasteiger partial charge in [0.15, 0.2) is 0 Å². The van der Waals surface area contributed by atoms with Gasteiger partial charge in [0.25, 0.3) is 0 Å². The van der Waals surface area contributed by atoms with Crippen molar-refractivity contribution in [2.75, 3.05) is 0 Å². The predicted octanol–water partition coefficient (Wildman–Crippen LogP) is 4.05. The van der Waals surface area contributed by atoms with Gasteiger partial charge in [-0.2, -0.15) is 0 Å². The quantitative estimate of drug-likeness (QED) is 0.584. The molecular formula is C13H19F. The number of benzene rings is 1. The van der Waals surface area contributed by atoms with E-state index >= 15 is 0 Å². The molecule has 1 heteroatoms. The van der Waals surface area contributed by atoms with E-state index in [1.165, 1.54) is 5.56 Å². The van der Waals surface area contributed by atoms with Crippen molar-refractivity contribution in [3.8, 4) is 0 Å². The smallest absolute Gasteiger partial charge is 0.129 e. The summed E-state index contributed by atoms with van der Waals surface area (Å²) in [5.41, 5.74) is 3.95. The van der Waals surface area contributed by atoms with E-state index in [2.05, 4.69) is 20.8 Å². The molecule has 0 amide bonds. The molecule has 0 fully saturated rings. The molecule has 1 aromatic carbocycles. The van der Waals surface area contributed by atoms with Gasteiger partial charge in [-0.1, -0.05) is 26.8 Å². The summed E-state index contributed by atoms with van der Waals surface area (Å²) in [6.45, 7) is 12.2. The molecule has 0 atom stereocenters. The van der Waals surface area contributed by atoms with Crippen LogP contribution in [-0.4, -0.2) is 0 Å². The minimum atomic E-state index is -0.0597. The Balaban J connectivity index is 3.49. The monoisotopic (exact) mass is 194 g/mol. The molecule has 0 aromatic heterocycles. The summed E-state index contributed by atoms with van der Waals surface area (Å²) in [6, 6.07) is 1.97. The molecule has 0 nitrogen and oxygen atoms in total. The molecule has 1 rings (SSSR count). The fourth-order valence-corrected chi connectivity index (χ4v) is 1.83. The highest BCUT2D eigenvalue weighted by Gasteiger charge is 2.19. The number of hydrogen-bond acceptors (Lipinski definition) is 0. The minimum absolute atomic E-state index is 0.0597. The maximum absolute atomic E-state index is 13.6. The molecule has 0 bridgehead atoms. The molecule has 0 aliphatic rings. The fourth-order valence-electron chi connectivity index (χ4n) is 1.83. The van der Waals surface area contributed by atoms with Gasteiger partial charge in [-0.15, -0.1) is 0 Å². The Morgan fingerprint density at radius 1 is 1.00 bits per heavy atom. The normalized spacial score (nSPS) is 11.9. The molecule has 0 N–H and O–H groups in total. The van der Waals surface area contributed by atoms with E-state index in [4.69, 9.17) is 0 Å². The van der Waals surface area contributed by atoms with Crippen molar-refractivity contribution in [1.29, 1.82) is 0 Å². The predicted molar refractivity (Wildman–Crippen MR) is 59.3 cm³/mol. The topological polar surface area (TPSA) is 0 Å². The SMILES string of the molecule is Cc1cc(C(C)(C)C)c(C)c(C)c1F. The van der Waals surface area contributed by atoms with Crippen molar-refractivity contribution in [2.45, 2.75) is 47.0 Å². The third-order valence-corrected chi connectivity index (χ3v) is 2.81. The zero-order valence-corrected chi connectivity index (χ0v) is 9.96. The highest BCUT2D eigenvalue weighted by atomic mass is 19.1. The second kappa shape index (κ2) is 3.38. The molecule has 0 saturated heterocycles. The minimum Gasteiger partial charge on any atom is -0.206 e. The van der Waals surface area contributed by atoms with E-state index in [9.17, 15) is 4.39 Å². The summed E-state index contributed by atoms with van der Waals surface area (Å²) in [6.07, 6.45) is 0. The van der Waals surface area contributed by atoms with Crippen LogP contribution < -0.4 is 0 Å². The standard InChI is InChI=1S/C13H19F/c1-8-7-11(13(4,5)6)9(2)10(3)12(8)14/h7H,1-6H3. The lowest BCUT2D eigenvalue weighted by atomic mass is 9.81. The first-order chi connectivity index (χ1) is 6.25. The first-order valence-corrected chi connectivity index (χ1v) is 5.02. The molecule has 0 aliphatic carbocycles. The Morgan fingerprint density at radius 3 is 1.93 bits per heavy atom. The van der Waals surface area contributed by atoms with Crippen LogP contribution in [-0.2, 0) is 5.41 Å². The molecule has 0 heterocycles. The third kappa shape index (κ3) is 1.82. The van der Waals surface area contributed by atoms with Gasteiger partial charge in [0.05, 0.1) is 0 Å². The van der Waals surface area contributed by atoms with Crippen molar-refractivity contribution < 1.29 is 4.39 Å². The van der Waals surface area contributed by atoms with Gasteiger partial charge in [0, 0.05) is 0 Å². The molecule has 1 aromatic rings. The van der Waals surface area contributed by atoms with Gasteiger partial charge in [-0.25, -0.2) is 4.39 Å². The Bertz CT molecular complexity index is 356. The zero-order valence-electron chi connectivity index (χ0n) is 9.96. The lowest BCUT2D eigenvalue weighted by Gasteiger charge is -2.24. The Morgan fingerprint density at radius 2 is 1.50 bits per heavy atom. The van der Waals surface area contributed by atoms with Gasteiger partial charge >= 0.3 is 0 Å². The number of rotatable bonds is 0. The molecule has 14 heavy (non-hydrogen) atoms. The Kier molecular flexibility index (Phi) is 2.71. The zero-order chi connectivity index (χ0) is 11.1. The Labute approximate surface area is 86.2 Å². The molecule has 0 unspecified atom stereocenters. The molecule has 78 valence electrons. The van der Waals surface area contributed by atoms with Crippen LogP contribution in [0.15, 0.2) is 6.07 Å². The van der Waals surface area contributed by atoms with Crippen LogP contribution in [0, 0.1) is 26.6 Å². The van der Waals surface area contributed by atoms with Crippen LogP contribution in [0.1, 0.15) is 43.0 Å². The summed E-state index contributed by atoms with van der Waals surface area (Å²) in [5.74, 6) is -0.0597. The summed E-state index contributed by atoms with van der Waals surface area (Å²) in [7, 11) is 0. The summed E-state index contributed by atoms with van der Waals surface area (Å²) >= 11 is 0. The van der Waals surface area contributed by atoms with Crippen molar-refractivity contribution in [2.24, 2.45) is 0 Å². The summed E-state index contributed by atoms with van der Waals surface area (Å²) in [4.78, 5) is 0. The van der Waals surface area contributed by atoms with Crippen LogP contribution >= 0.6 is 0 Å². The lowest BCUT2D eigenvalue weighted by Crippen LogP contribution is -2.15. The largest absolute Gasteiger partial charge is 0.206 e. The van der Waals surface area contributed by atoms with Crippen LogP contribution in [0.4, 0.5) is 4.39 Å². The van der Waals surface area contributed by atoms with Gasteiger partial charge in [-0.05, 0) is 48.4 Å². The van der Waals surface area contributed by atoms with E-state index in [-0.39, 0.29) is 11.2 Å². The van der Waals surface area contributed by atoms with Gasteiger partial charge in [-0.3, -0.25) is 0 Å². The number of halogens is 1. The van der Waals surface area contributed by atoms with Crippen molar-refractivity contribution in [3.05, 3.63) is 34.1 Å². The second-order valence-corrected chi connectivity index (χ2v) is 5.06. The van der Waals surface area contributed by atoms with Gasteiger partial charge in [0.1, 0.15) is 5.82 Å². The highest BCUT2D eigenvalue weighted by molar-refractivity contribution is 5.42. The first-order valence-electron chi connectivity index (χ1n) is 5.02. The number of aryl methyl sites for hydroxylation is 1. The fraction of sp³-hybridized carbons (Fsp3) is 0.538. The van der Waals surface area contributed by atoms with Crippen LogP contribution in [0.2, 0.25) is 0 Å². The van der Waals surface area contributed by atoms with Crippen LogP contribution in [0.5, 0.6) is 0 Å². The maximum Gasteiger partial charge on any atom is 0.129 e.